The Bertz CT molecular complexity index is 418. The minimum atomic E-state index is 0. The highest BCUT2D eigenvalue weighted by Crippen LogP contribution is 2.24. The van der Waals surface area contributed by atoms with Gasteiger partial charge in [0.2, 0.25) is 5.91 Å². The molecule has 1 amide bonds. The predicted molar refractivity (Wildman–Crippen MR) is 118 cm³/mol. The molecule has 148 valence electrons. The van der Waals surface area contributed by atoms with Gasteiger partial charge >= 0.3 is 0 Å². The molecule has 1 aliphatic rings. The molecule has 1 aliphatic carbocycles. The van der Waals surface area contributed by atoms with Gasteiger partial charge in [0.15, 0.2) is 5.96 Å². The van der Waals surface area contributed by atoms with Crippen LogP contribution in [0, 0.1) is 11.3 Å². The molecule has 0 spiro atoms. The summed E-state index contributed by atoms with van der Waals surface area (Å²) in [5.41, 5.74) is 0.374. The molecular weight excluding hydrogens is 427 g/mol. The second kappa shape index (κ2) is 12.0. The Labute approximate surface area is 171 Å². The summed E-state index contributed by atoms with van der Waals surface area (Å²) in [6.45, 7) is 11.8. The van der Waals surface area contributed by atoms with Crippen LogP contribution in [0.5, 0.6) is 0 Å². The topological polar surface area (TPSA) is 65.5 Å². The highest BCUT2D eigenvalue weighted by molar-refractivity contribution is 14.0. The molecule has 0 bridgehead atoms. The van der Waals surface area contributed by atoms with Gasteiger partial charge in [-0.15, -0.1) is 24.0 Å². The van der Waals surface area contributed by atoms with Crippen LogP contribution in [0.3, 0.4) is 0 Å². The summed E-state index contributed by atoms with van der Waals surface area (Å²) in [5, 5.41) is 9.95. The van der Waals surface area contributed by atoms with Gasteiger partial charge in [-0.1, -0.05) is 27.2 Å². The van der Waals surface area contributed by atoms with Gasteiger partial charge in [0.1, 0.15) is 0 Å². The van der Waals surface area contributed by atoms with Gasteiger partial charge in [-0.2, -0.15) is 0 Å². The maximum Gasteiger partial charge on any atom is 0.223 e. The van der Waals surface area contributed by atoms with Crippen molar-refractivity contribution in [2.24, 2.45) is 16.3 Å². The molecule has 0 aromatic rings. The molecule has 0 aromatic carbocycles. The number of guanidine groups is 1. The maximum atomic E-state index is 12.2. The minimum Gasteiger partial charge on any atom is -0.356 e. The standard InChI is InChI=1S/C19H38N4O.HI/c1-14(2)22-17(24)15-9-7-10-16(13-15)23-18(20-6)21-12-8-11-19(3,4)5;/h14-16H,7-13H2,1-6H3,(H,22,24)(H2,20,21,23);1H. The van der Waals surface area contributed by atoms with Gasteiger partial charge in [0.25, 0.3) is 0 Å². The largest absolute Gasteiger partial charge is 0.356 e. The Balaban J connectivity index is 0.00000576. The number of nitrogens with zero attached hydrogens (tertiary/aromatic N) is 1. The van der Waals surface area contributed by atoms with E-state index in [1.807, 2.05) is 20.9 Å². The van der Waals surface area contributed by atoms with Crippen molar-refractivity contribution >= 4 is 35.8 Å². The number of hydrogen-bond acceptors (Lipinski definition) is 2. The van der Waals surface area contributed by atoms with Crippen molar-refractivity contribution in [1.82, 2.24) is 16.0 Å². The highest BCUT2D eigenvalue weighted by Gasteiger charge is 2.27. The number of rotatable bonds is 6. The molecule has 1 fully saturated rings. The van der Waals surface area contributed by atoms with Crippen LogP contribution in [-0.4, -0.2) is 37.5 Å². The van der Waals surface area contributed by atoms with Crippen LogP contribution in [0.15, 0.2) is 4.99 Å². The fraction of sp³-hybridized carbons (Fsp3) is 0.895. The maximum absolute atomic E-state index is 12.2. The smallest absolute Gasteiger partial charge is 0.223 e. The van der Waals surface area contributed by atoms with E-state index in [9.17, 15) is 4.79 Å². The molecule has 0 aromatic heterocycles. The van der Waals surface area contributed by atoms with Crippen LogP contribution in [0.4, 0.5) is 0 Å². The van der Waals surface area contributed by atoms with Crippen LogP contribution in [0.2, 0.25) is 0 Å². The van der Waals surface area contributed by atoms with Crippen LogP contribution in [0.25, 0.3) is 0 Å². The van der Waals surface area contributed by atoms with E-state index in [1.54, 1.807) is 0 Å². The van der Waals surface area contributed by atoms with Gasteiger partial charge in [0.05, 0.1) is 0 Å². The Kier molecular flexibility index (Phi) is 11.7. The van der Waals surface area contributed by atoms with E-state index < -0.39 is 0 Å². The van der Waals surface area contributed by atoms with Crippen molar-refractivity contribution in [1.29, 1.82) is 0 Å². The van der Waals surface area contributed by atoms with Gasteiger partial charge in [-0.3, -0.25) is 9.79 Å². The molecular formula is C19H39IN4O. The summed E-state index contributed by atoms with van der Waals surface area (Å²) in [6, 6.07) is 0.540. The van der Waals surface area contributed by atoms with E-state index in [2.05, 4.69) is 41.7 Å². The molecule has 6 heteroatoms. The first-order valence-corrected chi connectivity index (χ1v) is 9.49. The Hall–Kier alpha value is -0.530. The van der Waals surface area contributed by atoms with Crippen molar-refractivity contribution in [2.45, 2.75) is 85.2 Å². The summed E-state index contributed by atoms with van der Waals surface area (Å²) < 4.78 is 0. The van der Waals surface area contributed by atoms with Crippen LogP contribution in [-0.2, 0) is 4.79 Å². The lowest BCUT2D eigenvalue weighted by molar-refractivity contribution is -0.126. The van der Waals surface area contributed by atoms with Gasteiger partial charge in [-0.05, 0) is 51.4 Å². The van der Waals surface area contributed by atoms with Crippen LogP contribution < -0.4 is 16.0 Å². The van der Waals surface area contributed by atoms with Crippen LogP contribution in [0.1, 0.15) is 73.1 Å². The number of halogens is 1. The number of aliphatic imine (C=N–C) groups is 1. The van der Waals surface area contributed by atoms with E-state index in [0.29, 0.717) is 11.5 Å². The summed E-state index contributed by atoms with van der Waals surface area (Å²) in [5.74, 6) is 1.18. The fourth-order valence-electron chi connectivity index (χ4n) is 3.17. The van der Waals surface area contributed by atoms with E-state index in [0.717, 1.165) is 44.6 Å². The van der Waals surface area contributed by atoms with Crippen molar-refractivity contribution in [3.8, 4) is 0 Å². The molecule has 2 unspecified atom stereocenters. The number of nitrogens with one attached hydrogen (secondary N) is 3. The normalized spacial score (nSPS) is 21.5. The van der Waals surface area contributed by atoms with Crippen molar-refractivity contribution in [2.75, 3.05) is 13.6 Å². The second-order valence-electron chi connectivity index (χ2n) is 8.53. The molecule has 5 nitrogen and oxygen atoms in total. The first-order valence-electron chi connectivity index (χ1n) is 9.49. The van der Waals surface area contributed by atoms with Gasteiger partial charge in [0, 0.05) is 31.6 Å². The zero-order chi connectivity index (χ0) is 18.2. The SMILES string of the molecule is CN=C(NCCCC(C)(C)C)NC1CCCC(C(=O)NC(C)C)C1.I. The fourth-order valence-corrected chi connectivity index (χ4v) is 3.17. The number of amides is 1. The first kappa shape index (κ1) is 24.5. The molecule has 0 saturated heterocycles. The van der Waals surface area contributed by atoms with E-state index in [4.69, 9.17) is 0 Å². The second-order valence-corrected chi connectivity index (χ2v) is 8.53. The van der Waals surface area contributed by atoms with Crippen molar-refractivity contribution in [3.05, 3.63) is 0 Å². The monoisotopic (exact) mass is 466 g/mol. The molecule has 0 heterocycles. The van der Waals surface area contributed by atoms with Crippen molar-refractivity contribution < 1.29 is 4.79 Å². The number of carbonyl (C=O) groups is 1. The zero-order valence-corrected chi connectivity index (χ0v) is 19.3. The third-order valence-corrected chi connectivity index (χ3v) is 4.44. The molecule has 3 N–H and O–H groups in total. The minimum absolute atomic E-state index is 0. The molecule has 2 atom stereocenters. The average molecular weight is 466 g/mol. The lowest BCUT2D eigenvalue weighted by atomic mass is 9.85. The van der Waals surface area contributed by atoms with Crippen molar-refractivity contribution in [3.63, 3.8) is 0 Å². The molecule has 0 radical (unpaired) electrons. The van der Waals surface area contributed by atoms with Gasteiger partial charge < -0.3 is 16.0 Å². The predicted octanol–water partition coefficient (Wildman–Crippen LogP) is 3.68. The zero-order valence-electron chi connectivity index (χ0n) is 16.9. The summed E-state index contributed by atoms with van der Waals surface area (Å²) in [4.78, 5) is 16.6. The molecule has 1 rings (SSSR count). The highest BCUT2D eigenvalue weighted by atomic mass is 127. The summed E-state index contributed by atoms with van der Waals surface area (Å²) in [6.07, 6.45) is 6.41. The molecule has 0 aliphatic heterocycles. The first-order chi connectivity index (χ1) is 11.2. The summed E-state index contributed by atoms with van der Waals surface area (Å²) in [7, 11) is 1.81. The molecule has 25 heavy (non-hydrogen) atoms. The Morgan fingerprint density at radius 1 is 1.24 bits per heavy atom. The summed E-state index contributed by atoms with van der Waals surface area (Å²) >= 11 is 0. The Morgan fingerprint density at radius 3 is 2.48 bits per heavy atom. The number of carbonyl (C=O) groups excluding carboxylic acids is 1. The third kappa shape index (κ3) is 10.9. The van der Waals surface area contributed by atoms with Crippen LogP contribution >= 0.6 is 24.0 Å². The Morgan fingerprint density at radius 2 is 1.92 bits per heavy atom. The quantitative estimate of drug-likeness (QED) is 0.242. The third-order valence-electron chi connectivity index (χ3n) is 4.44. The van der Waals surface area contributed by atoms with E-state index in [-0.39, 0.29) is 41.8 Å². The van der Waals surface area contributed by atoms with E-state index in [1.165, 1.54) is 6.42 Å². The van der Waals surface area contributed by atoms with Gasteiger partial charge in [-0.25, -0.2) is 0 Å². The molecule has 1 saturated carbocycles. The van der Waals surface area contributed by atoms with E-state index >= 15 is 0 Å². The average Bonchev–Trinajstić information content (AvgIpc) is 2.49. The lowest BCUT2D eigenvalue weighted by Crippen LogP contribution is -2.47. The lowest BCUT2D eigenvalue weighted by Gasteiger charge is -2.30. The number of hydrogen-bond donors (Lipinski definition) is 3.